The van der Waals surface area contributed by atoms with E-state index in [1.807, 2.05) is 0 Å². The average molecular weight is 459 g/mol. The van der Waals surface area contributed by atoms with Crippen molar-refractivity contribution >= 4 is 60.3 Å². The minimum Gasteiger partial charge on any atom is -0.481 e. The van der Waals surface area contributed by atoms with Gasteiger partial charge in [-0.05, 0) is 26.2 Å². The van der Waals surface area contributed by atoms with Gasteiger partial charge < -0.3 is 36.9 Å². The molecule has 0 amide bonds. The van der Waals surface area contributed by atoms with Crippen LogP contribution in [0.3, 0.4) is 0 Å². The second kappa shape index (κ2) is 8.30. The molecule has 2 unspecified atom stereocenters. The van der Waals surface area contributed by atoms with Crippen LogP contribution in [0.25, 0.3) is 0 Å². The summed E-state index contributed by atoms with van der Waals surface area (Å²) in [5.74, 6) is -8.13. The molecular weight excluding hydrogens is 436 g/mol. The van der Waals surface area contributed by atoms with Crippen LogP contribution in [0.1, 0.15) is 6.42 Å². The Balaban J connectivity index is 3.27. The molecule has 1 rings (SSSR count). The number of carboxylic acids is 4. The van der Waals surface area contributed by atoms with E-state index in [1.54, 1.807) is 26.2 Å². The summed E-state index contributed by atoms with van der Waals surface area (Å²) in [7, 11) is -10.5. The van der Waals surface area contributed by atoms with Gasteiger partial charge in [0.2, 0.25) is 0 Å². The van der Waals surface area contributed by atoms with Crippen LogP contribution in [0.15, 0.2) is 0 Å². The molecule has 2 atom stereocenters. The highest BCUT2D eigenvalue weighted by Crippen LogP contribution is 2.35. The SMILES string of the molecule is C[Si]1(C)O[SiH2]O[SiH](C(CC(C(=O)O)(C(=O)O)C(=O)O)C(=O)O)O[Si](C)(C)O1. The van der Waals surface area contributed by atoms with Crippen molar-refractivity contribution < 1.29 is 56.1 Å². The Morgan fingerprint density at radius 3 is 1.85 bits per heavy atom. The summed E-state index contributed by atoms with van der Waals surface area (Å²) in [5.41, 5.74) is -5.09. The van der Waals surface area contributed by atoms with Gasteiger partial charge in [0, 0.05) is 6.42 Å². The molecule has 1 saturated heterocycles. The van der Waals surface area contributed by atoms with Crippen molar-refractivity contribution in [3.05, 3.63) is 0 Å². The first-order valence-electron chi connectivity index (χ1n) is 7.71. The van der Waals surface area contributed by atoms with Gasteiger partial charge in [0.1, 0.15) is 0 Å². The van der Waals surface area contributed by atoms with Crippen LogP contribution < -0.4 is 0 Å². The predicted octanol–water partition coefficient (Wildman–Crippen LogP) is -1.23. The number of hydrogen-bond acceptors (Lipinski definition) is 8. The first-order chi connectivity index (χ1) is 12.1. The molecule has 16 heteroatoms. The molecule has 0 aromatic heterocycles. The highest BCUT2D eigenvalue weighted by molar-refractivity contribution is 6.85. The van der Waals surface area contributed by atoms with E-state index >= 15 is 0 Å². The Bertz CT molecular complexity index is 599. The molecule has 0 saturated carbocycles. The molecule has 0 spiro atoms. The summed E-state index contributed by atoms with van der Waals surface area (Å²) in [6.07, 6.45) is -1.22. The van der Waals surface area contributed by atoms with Crippen molar-refractivity contribution in [3.8, 4) is 0 Å². The first kappa shape index (κ1) is 23.6. The maximum Gasteiger partial charge on any atom is 0.332 e. The standard InChI is InChI=1S/C11H22O12Si4/c1-26(2)21-24-20-25(22-27(3,4)23-26)6(7(12)13)5-11(8(14)15,9(16)17)10(18)19/h6,25H,5,24H2,1-4H3,(H,12,13)(H,14,15)(H,16,17)(H,18,19). The van der Waals surface area contributed by atoms with E-state index in [0.717, 1.165) is 0 Å². The van der Waals surface area contributed by atoms with Gasteiger partial charge in [-0.25, -0.2) is 0 Å². The molecule has 0 bridgehead atoms. The highest BCUT2D eigenvalue weighted by Gasteiger charge is 2.59. The second-order valence-electron chi connectivity index (χ2n) is 6.79. The highest BCUT2D eigenvalue weighted by atomic mass is 28.5. The van der Waals surface area contributed by atoms with Crippen LogP contribution >= 0.6 is 0 Å². The second-order valence-corrected chi connectivity index (χ2v) is 18.4. The molecule has 0 aliphatic carbocycles. The molecule has 1 fully saturated rings. The third kappa shape index (κ3) is 5.54. The molecule has 1 aliphatic rings. The van der Waals surface area contributed by atoms with Crippen LogP contribution in [-0.4, -0.2) is 80.7 Å². The van der Waals surface area contributed by atoms with Gasteiger partial charge in [0.25, 0.3) is 15.4 Å². The van der Waals surface area contributed by atoms with Crippen molar-refractivity contribution in [2.75, 3.05) is 0 Å². The normalized spacial score (nSPS) is 24.4. The smallest absolute Gasteiger partial charge is 0.332 e. The summed E-state index contributed by atoms with van der Waals surface area (Å²) >= 11 is 0. The quantitative estimate of drug-likeness (QED) is 0.263. The molecule has 1 aliphatic heterocycles. The van der Waals surface area contributed by atoms with Crippen LogP contribution in [0.4, 0.5) is 0 Å². The maximum absolute atomic E-state index is 11.7. The van der Waals surface area contributed by atoms with Gasteiger partial charge >= 0.3 is 50.3 Å². The largest absolute Gasteiger partial charge is 0.481 e. The van der Waals surface area contributed by atoms with Gasteiger partial charge in [-0.2, -0.15) is 0 Å². The summed E-state index contributed by atoms with van der Waals surface area (Å²) in [5, 5.41) is 37.2. The molecule has 12 nitrogen and oxygen atoms in total. The van der Waals surface area contributed by atoms with Crippen LogP contribution in [0.2, 0.25) is 31.7 Å². The monoisotopic (exact) mass is 458 g/mol. The third-order valence-electron chi connectivity index (χ3n) is 3.80. The molecule has 1 heterocycles. The molecule has 0 aromatic carbocycles. The Hall–Kier alpha value is -1.41. The molecular formula is C11H22O12Si4. The fourth-order valence-electron chi connectivity index (χ4n) is 2.57. The summed E-state index contributed by atoms with van der Waals surface area (Å²) in [6, 6.07) is 0. The van der Waals surface area contributed by atoms with E-state index in [-0.39, 0.29) is 0 Å². The molecule has 0 aromatic rings. The van der Waals surface area contributed by atoms with E-state index in [4.69, 9.17) is 16.5 Å². The maximum atomic E-state index is 11.7. The van der Waals surface area contributed by atoms with E-state index in [0.29, 0.717) is 0 Å². The number of hydrogen-bond donors (Lipinski definition) is 4. The van der Waals surface area contributed by atoms with Gasteiger partial charge in [-0.1, -0.05) is 0 Å². The van der Waals surface area contributed by atoms with Gasteiger partial charge in [0.05, 0.1) is 5.54 Å². The van der Waals surface area contributed by atoms with E-state index < -0.39 is 77.7 Å². The van der Waals surface area contributed by atoms with E-state index in [9.17, 15) is 39.6 Å². The van der Waals surface area contributed by atoms with Crippen molar-refractivity contribution in [2.45, 2.75) is 38.2 Å². The molecule has 4 N–H and O–H groups in total. The zero-order chi connectivity index (χ0) is 21.2. The predicted molar refractivity (Wildman–Crippen MR) is 96.3 cm³/mol. The lowest BCUT2D eigenvalue weighted by atomic mass is 9.83. The molecule has 154 valence electrons. The van der Waals surface area contributed by atoms with Gasteiger partial charge in [0.15, 0.2) is 0 Å². The topological polar surface area (TPSA) is 186 Å². The minimum absolute atomic E-state index is 1.22. The number of aliphatic carboxylic acids is 4. The fraction of sp³-hybridized carbons (Fsp3) is 0.636. The van der Waals surface area contributed by atoms with Gasteiger partial charge in [-0.15, -0.1) is 0 Å². The summed E-state index contributed by atoms with van der Waals surface area (Å²) in [4.78, 5) is 46.0. The zero-order valence-corrected chi connectivity index (χ0v) is 19.7. The van der Waals surface area contributed by atoms with Crippen molar-refractivity contribution in [3.63, 3.8) is 0 Å². The lowest BCUT2D eigenvalue weighted by Crippen LogP contribution is -2.57. The molecule has 27 heavy (non-hydrogen) atoms. The first-order valence-corrected chi connectivity index (χ1v) is 16.1. The fourth-order valence-corrected chi connectivity index (χ4v) is 16.7. The van der Waals surface area contributed by atoms with Gasteiger partial charge in [-0.3, -0.25) is 19.2 Å². The number of carboxylic acid groups (broad SMARTS) is 4. The van der Waals surface area contributed by atoms with E-state index in [1.165, 1.54) is 0 Å². The lowest BCUT2D eigenvalue weighted by Gasteiger charge is -2.40. The summed E-state index contributed by atoms with van der Waals surface area (Å²) < 4.78 is 22.8. The van der Waals surface area contributed by atoms with Crippen molar-refractivity contribution in [1.82, 2.24) is 0 Å². The third-order valence-corrected chi connectivity index (χ3v) is 17.2. The Morgan fingerprint density at radius 1 is 0.963 bits per heavy atom. The van der Waals surface area contributed by atoms with Crippen LogP contribution in [-0.2, 0) is 35.6 Å². The lowest BCUT2D eigenvalue weighted by molar-refractivity contribution is -0.176. The minimum atomic E-state index is -3.34. The Labute approximate surface area is 160 Å². The average Bonchev–Trinajstić information content (AvgIpc) is 2.42. The molecule has 0 radical (unpaired) electrons. The van der Waals surface area contributed by atoms with E-state index in [2.05, 4.69) is 0 Å². The zero-order valence-electron chi connectivity index (χ0n) is 15.1. The number of rotatable bonds is 7. The van der Waals surface area contributed by atoms with Crippen molar-refractivity contribution in [2.24, 2.45) is 5.41 Å². The van der Waals surface area contributed by atoms with Crippen LogP contribution in [0.5, 0.6) is 0 Å². The Morgan fingerprint density at radius 2 is 1.44 bits per heavy atom. The summed E-state index contributed by atoms with van der Waals surface area (Å²) in [6.45, 7) is 6.78. The number of carbonyl (C=O) groups is 4. The van der Waals surface area contributed by atoms with Crippen molar-refractivity contribution in [1.29, 1.82) is 0 Å². The Kier molecular flexibility index (Phi) is 7.27. The van der Waals surface area contributed by atoms with Crippen LogP contribution in [0, 0.1) is 5.41 Å².